The molecule has 0 saturated carbocycles. The van der Waals surface area contributed by atoms with Crippen LogP contribution in [0.15, 0.2) is 11.6 Å². The highest BCUT2D eigenvalue weighted by Gasteiger charge is 1.80. The van der Waals surface area contributed by atoms with Gasteiger partial charge in [0.05, 0.1) is 6.61 Å². The van der Waals surface area contributed by atoms with Gasteiger partial charge in [0, 0.05) is 12.1 Å². The van der Waals surface area contributed by atoms with Gasteiger partial charge in [0.1, 0.15) is 0 Å². The van der Waals surface area contributed by atoms with Crippen molar-refractivity contribution < 1.29 is 4.74 Å². The summed E-state index contributed by atoms with van der Waals surface area (Å²) in [6, 6.07) is 0. The molecule has 0 rings (SSSR count). The second kappa shape index (κ2) is 7.99. The van der Waals surface area contributed by atoms with Gasteiger partial charge in [-0.25, -0.2) is 0 Å². The lowest BCUT2D eigenvalue weighted by Gasteiger charge is -1.96. The van der Waals surface area contributed by atoms with E-state index < -0.39 is 0 Å². The summed E-state index contributed by atoms with van der Waals surface area (Å²) in [6.07, 6.45) is 4.11. The van der Waals surface area contributed by atoms with Crippen molar-refractivity contribution in [3.63, 3.8) is 0 Å². The van der Waals surface area contributed by atoms with E-state index in [1.165, 1.54) is 12.0 Å². The first-order chi connectivity index (χ1) is 4.41. The second-order valence-electron chi connectivity index (χ2n) is 1.79. The number of ether oxygens (including phenoxy) is 1. The zero-order chi connectivity index (χ0) is 6.95. The minimum absolute atomic E-state index is 0.642. The maximum absolute atomic E-state index is 5.25. The van der Waals surface area contributed by atoms with Crippen LogP contribution >= 0.6 is 11.6 Å². The molecule has 2 heteroatoms. The van der Waals surface area contributed by atoms with Gasteiger partial charge in [-0.15, -0.1) is 0 Å². The van der Waals surface area contributed by atoms with Gasteiger partial charge in [0.2, 0.25) is 0 Å². The molecule has 0 unspecified atom stereocenters. The maximum atomic E-state index is 5.25. The Kier molecular flexibility index (Phi) is 7.98. The third kappa shape index (κ3) is 7.99. The van der Waals surface area contributed by atoms with Gasteiger partial charge in [-0.3, -0.25) is 0 Å². The van der Waals surface area contributed by atoms with E-state index in [2.05, 4.69) is 6.92 Å². The Balaban J connectivity index is 2.75. The van der Waals surface area contributed by atoms with Crippen LogP contribution in [0.25, 0.3) is 0 Å². The van der Waals surface area contributed by atoms with Gasteiger partial charge in [-0.1, -0.05) is 24.9 Å². The van der Waals surface area contributed by atoms with Crippen LogP contribution in [0.1, 0.15) is 19.8 Å². The van der Waals surface area contributed by atoms with E-state index in [4.69, 9.17) is 16.3 Å². The second-order valence-corrected chi connectivity index (χ2v) is 2.04. The van der Waals surface area contributed by atoms with Crippen molar-refractivity contribution in [3.05, 3.63) is 11.6 Å². The molecule has 0 spiro atoms. The summed E-state index contributed by atoms with van der Waals surface area (Å²) in [5.74, 6) is 0. The van der Waals surface area contributed by atoms with Crippen molar-refractivity contribution in [2.24, 2.45) is 0 Å². The molecule has 54 valence electrons. The molecule has 0 fully saturated rings. The molecule has 0 aliphatic rings. The van der Waals surface area contributed by atoms with E-state index in [0.29, 0.717) is 6.61 Å². The Bertz CT molecular complexity index is 71.3. The normalized spacial score (nSPS) is 10.9. The van der Waals surface area contributed by atoms with Crippen molar-refractivity contribution in [1.29, 1.82) is 0 Å². The number of rotatable bonds is 5. The molecule has 0 saturated heterocycles. The van der Waals surface area contributed by atoms with Crippen molar-refractivity contribution in [3.8, 4) is 0 Å². The molecule has 0 atom stereocenters. The molecule has 0 amide bonds. The molecule has 0 aromatic carbocycles. The summed E-state index contributed by atoms with van der Waals surface area (Å²) >= 11 is 5.25. The lowest BCUT2D eigenvalue weighted by Crippen LogP contribution is -1.92. The van der Waals surface area contributed by atoms with E-state index in [1.54, 1.807) is 6.08 Å². The monoisotopic (exact) mass is 148 g/mol. The first-order valence-corrected chi connectivity index (χ1v) is 3.68. The third-order valence-corrected chi connectivity index (χ3v) is 1.12. The van der Waals surface area contributed by atoms with E-state index >= 15 is 0 Å². The predicted octanol–water partition coefficient (Wildman–Crippen LogP) is 2.56. The number of hydrogen-bond donors (Lipinski definition) is 0. The fraction of sp³-hybridized carbons (Fsp3) is 0.714. The fourth-order valence-electron chi connectivity index (χ4n) is 0.434. The van der Waals surface area contributed by atoms with E-state index in [1.807, 2.05) is 0 Å². The van der Waals surface area contributed by atoms with Crippen LogP contribution in [0.5, 0.6) is 0 Å². The largest absolute Gasteiger partial charge is 0.377 e. The van der Waals surface area contributed by atoms with Crippen LogP contribution in [-0.4, -0.2) is 13.2 Å². The van der Waals surface area contributed by atoms with Crippen LogP contribution in [0.3, 0.4) is 0 Å². The first kappa shape index (κ1) is 8.99. The van der Waals surface area contributed by atoms with Crippen molar-refractivity contribution in [2.75, 3.05) is 13.2 Å². The smallest absolute Gasteiger partial charge is 0.0658 e. The maximum Gasteiger partial charge on any atom is 0.0658 e. The quantitative estimate of drug-likeness (QED) is 0.545. The van der Waals surface area contributed by atoms with Gasteiger partial charge in [0.15, 0.2) is 0 Å². The summed E-state index contributed by atoms with van der Waals surface area (Å²) in [4.78, 5) is 0. The number of unbranched alkanes of at least 4 members (excludes halogenated alkanes) is 1. The Morgan fingerprint density at radius 2 is 2.33 bits per heavy atom. The van der Waals surface area contributed by atoms with Gasteiger partial charge in [-0.2, -0.15) is 0 Å². The van der Waals surface area contributed by atoms with Crippen molar-refractivity contribution >= 4 is 11.6 Å². The Labute approximate surface area is 61.7 Å². The minimum atomic E-state index is 0.642. The molecule has 0 aromatic rings. The summed E-state index contributed by atoms with van der Waals surface area (Å²) in [5.41, 5.74) is 1.48. The molecule has 0 aliphatic heterocycles. The average molecular weight is 149 g/mol. The molecule has 0 N–H and O–H groups in total. The van der Waals surface area contributed by atoms with Gasteiger partial charge >= 0.3 is 0 Å². The van der Waals surface area contributed by atoms with Crippen LogP contribution in [-0.2, 0) is 4.74 Å². The van der Waals surface area contributed by atoms with Crippen LogP contribution < -0.4 is 0 Å². The zero-order valence-corrected chi connectivity index (χ0v) is 6.53. The molecule has 0 aromatic heterocycles. The molecular formula is C7H13ClO. The van der Waals surface area contributed by atoms with E-state index in [9.17, 15) is 0 Å². The van der Waals surface area contributed by atoms with Crippen LogP contribution in [0.2, 0.25) is 0 Å². The van der Waals surface area contributed by atoms with Crippen LogP contribution in [0, 0.1) is 0 Å². The topological polar surface area (TPSA) is 9.23 Å². The molecular weight excluding hydrogens is 136 g/mol. The molecule has 9 heavy (non-hydrogen) atoms. The zero-order valence-electron chi connectivity index (χ0n) is 5.77. The Hall–Kier alpha value is -0.0100. The van der Waals surface area contributed by atoms with E-state index in [-0.39, 0.29) is 0 Å². The summed E-state index contributed by atoms with van der Waals surface area (Å²) in [6.45, 7) is 3.63. The van der Waals surface area contributed by atoms with Gasteiger partial charge in [-0.05, 0) is 12.5 Å². The molecule has 0 radical (unpaired) electrons. The van der Waals surface area contributed by atoms with E-state index in [0.717, 1.165) is 13.0 Å². The van der Waals surface area contributed by atoms with Gasteiger partial charge in [0.25, 0.3) is 0 Å². The SMILES string of the molecule is CCCCOCC=CCl. The van der Waals surface area contributed by atoms with Crippen molar-refractivity contribution in [2.45, 2.75) is 19.8 Å². The highest BCUT2D eigenvalue weighted by molar-refractivity contribution is 6.25. The standard InChI is InChI=1S/C7H13ClO/c1-2-3-6-9-7-4-5-8/h4-5H,2-3,6-7H2,1H3. The molecule has 0 aliphatic carbocycles. The summed E-state index contributed by atoms with van der Waals surface area (Å²) in [5, 5.41) is 0. The highest BCUT2D eigenvalue weighted by Crippen LogP contribution is 1.88. The summed E-state index contributed by atoms with van der Waals surface area (Å²) < 4.78 is 5.14. The molecule has 0 heterocycles. The minimum Gasteiger partial charge on any atom is -0.377 e. The Morgan fingerprint density at radius 1 is 1.56 bits per heavy atom. The Morgan fingerprint density at radius 3 is 2.89 bits per heavy atom. The molecule has 0 bridgehead atoms. The highest BCUT2D eigenvalue weighted by atomic mass is 35.5. The number of hydrogen-bond acceptors (Lipinski definition) is 1. The number of halogens is 1. The predicted molar refractivity (Wildman–Crippen MR) is 40.7 cm³/mol. The summed E-state index contributed by atoms with van der Waals surface area (Å²) in [7, 11) is 0. The molecule has 1 nitrogen and oxygen atoms in total. The first-order valence-electron chi connectivity index (χ1n) is 3.24. The lowest BCUT2D eigenvalue weighted by molar-refractivity contribution is 0.159. The third-order valence-electron chi connectivity index (χ3n) is 0.945. The average Bonchev–Trinajstić information content (AvgIpc) is 1.89. The fourth-order valence-corrected chi connectivity index (χ4v) is 0.507. The van der Waals surface area contributed by atoms with Crippen LogP contribution in [0.4, 0.5) is 0 Å². The lowest BCUT2D eigenvalue weighted by atomic mass is 10.4. The van der Waals surface area contributed by atoms with Crippen molar-refractivity contribution in [1.82, 2.24) is 0 Å². The van der Waals surface area contributed by atoms with Gasteiger partial charge < -0.3 is 4.74 Å².